The van der Waals surface area contributed by atoms with E-state index in [0.29, 0.717) is 5.69 Å². The molecular weight excluding hydrogens is 270 g/mol. The second kappa shape index (κ2) is 4.09. The molecule has 5 heteroatoms. The van der Waals surface area contributed by atoms with Gasteiger partial charge in [0.2, 0.25) is 0 Å². The second-order valence-electron chi connectivity index (χ2n) is 3.42. The number of rotatable bonds is 1. The van der Waals surface area contributed by atoms with Gasteiger partial charge in [0.25, 0.3) is 5.56 Å². The van der Waals surface area contributed by atoms with Crippen LogP contribution in [0.15, 0.2) is 39.6 Å². The monoisotopic (exact) mass is 279 g/mol. The second-order valence-corrected chi connectivity index (χ2v) is 4.27. The zero-order valence-corrected chi connectivity index (χ0v) is 10.2. The van der Waals surface area contributed by atoms with Crippen LogP contribution in [0.5, 0.6) is 0 Å². The molecular formula is C11H10BrN3O. The maximum absolute atomic E-state index is 11.2. The molecule has 0 radical (unpaired) electrons. The summed E-state index contributed by atoms with van der Waals surface area (Å²) in [5.41, 5.74) is 7.91. The van der Waals surface area contributed by atoms with Crippen molar-refractivity contribution >= 4 is 21.6 Å². The molecule has 0 amide bonds. The van der Waals surface area contributed by atoms with E-state index < -0.39 is 0 Å². The number of nitrogens with two attached hydrogens (primary N) is 1. The molecule has 0 spiro atoms. The number of hydrogen-bond donors (Lipinski definition) is 1. The summed E-state index contributed by atoms with van der Waals surface area (Å²) < 4.78 is 2.15. The van der Waals surface area contributed by atoms with Gasteiger partial charge in [0.1, 0.15) is 0 Å². The van der Waals surface area contributed by atoms with Gasteiger partial charge in [-0.2, -0.15) is 5.10 Å². The van der Waals surface area contributed by atoms with E-state index in [0.717, 1.165) is 15.7 Å². The Morgan fingerprint density at radius 2 is 2.06 bits per heavy atom. The zero-order valence-electron chi connectivity index (χ0n) is 8.64. The van der Waals surface area contributed by atoms with Crippen molar-refractivity contribution in [3.8, 4) is 11.3 Å². The molecule has 16 heavy (non-hydrogen) atoms. The molecule has 1 heterocycles. The van der Waals surface area contributed by atoms with Crippen molar-refractivity contribution in [3.05, 3.63) is 45.2 Å². The Balaban J connectivity index is 2.54. The molecule has 1 aromatic carbocycles. The first-order chi connectivity index (χ1) is 7.58. The third-order valence-electron chi connectivity index (χ3n) is 2.25. The summed E-state index contributed by atoms with van der Waals surface area (Å²) in [7, 11) is 1.62. The van der Waals surface area contributed by atoms with Crippen LogP contribution in [0.3, 0.4) is 0 Å². The van der Waals surface area contributed by atoms with Gasteiger partial charge in [0, 0.05) is 28.8 Å². The van der Waals surface area contributed by atoms with Crippen molar-refractivity contribution < 1.29 is 0 Å². The van der Waals surface area contributed by atoms with E-state index in [-0.39, 0.29) is 5.56 Å². The molecule has 2 N–H and O–H groups in total. The van der Waals surface area contributed by atoms with Crippen LogP contribution in [0.4, 0.5) is 5.69 Å². The average molecular weight is 280 g/mol. The van der Waals surface area contributed by atoms with Crippen LogP contribution in [0.25, 0.3) is 11.3 Å². The standard InChI is InChI=1S/C11H10BrN3O/c1-15-11(16)5-4-10(14-15)7-2-3-8(12)9(13)6-7/h2-6H,13H2,1H3. The van der Waals surface area contributed by atoms with Gasteiger partial charge in [0.05, 0.1) is 5.69 Å². The van der Waals surface area contributed by atoms with Crippen molar-refractivity contribution in [3.63, 3.8) is 0 Å². The van der Waals surface area contributed by atoms with Crippen molar-refractivity contribution in [2.45, 2.75) is 0 Å². The lowest BCUT2D eigenvalue weighted by Crippen LogP contribution is -2.18. The SMILES string of the molecule is Cn1nc(-c2ccc(Br)c(N)c2)ccc1=O. The van der Waals surface area contributed by atoms with E-state index in [1.807, 2.05) is 18.2 Å². The molecule has 0 bridgehead atoms. The van der Waals surface area contributed by atoms with Crippen molar-refractivity contribution in [1.29, 1.82) is 0 Å². The Morgan fingerprint density at radius 3 is 2.69 bits per heavy atom. The third-order valence-corrected chi connectivity index (χ3v) is 2.97. The predicted octanol–water partition coefficient (Wildman–Crippen LogP) is 1.79. The molecule has 0 atom stereocenters. The van der Waals surface area contributed by atoms with E-state index in [4.69, 9.17) is 5.73 Å². The molecule has 0 saturated heterocycles. The topological polar surface area (TPSA) is 60.9 Å². The van der Waals surface area contributed by atoms with Crippen LogP contribution < -0.4 is 11.3 Å². The number of anilines is 1. The summed E-state index contributed by atoms with van der Waals surface area (Å²) in [6.45, 7) is 0. The van der Waals surface area contributed by atoms with Crippen molar-refractivity contribution in [1.82, 2.24) is 9.78 Å². The molecule has 0 aliphatic carbocycles. The Labute approximate surface area is 101 Å². The van der Waals surface area contributed by atoms with Gasteiger partial charge in [-0.15, -0.1) is 0 Å². The maximum atomic E-state index is 11.2. The molecule has 82 valence electrons. The number of aryl methyl sites for hydroxylation is 1. The smallest absolute Gasteiger partial charge is 0.266 e. The highest BCUT2D eigenvalue weighted by Crippen LogP contribution is 2.25. The highest BCUT2D eigenvalue weighted by atomic mass is 79.9. The molecule has 0 saturated carbocycles. The summed E-state index contributed by atoms with van der Waals surface area (Å²) in [6.07, 6.45) is 0. The zero-order chi connectivity index (χ0) is 11.7. The molecule has 0 unspecified atom stereocenters. The van der Waals surface area contributed by atoms with Crippen LogP contribution in [-0.4, -0.2) is 9.78 Å². The van der Waals surface area contributed by atoms with Crippen LogP contribution in [0.2, 0.25) is 0 Å². The van der Waals surface area contributed by atoms with Gasteiger partial charge in [-0.1, -0.05) is 6.07 Å². The summed E-state index contributed by atoms with van der Waals surface area (Å²) >= 11 is 3.33. The van der Waals surface area contributed by atoms with E-state index in [9.17, 15) is 4.79 Å². The van der Waals surface area contributed by atoms with Gasteiger partial charge < -0.3 is 5.73 Å². The molecule has 1 aromatic heterocycles. The Bertz CT molecular complexity index is 592. The fraction of sp³-hybridized carbons (Fsp3) is 0.0909. The first kappa shape index (κ1) is 10.9. The van der Waals surface area contributed by atoms with E-state index in [1.54, 1.807) is 13.1 Å². The minimum absolute atomic E-state index is 0.131. The first-order valence-electron chi connectivity index (χ1n) is 4.67. The fourth-order valence-electron chi connectivity index (χ4n) is 1.36. The maximum Gasteiger partial charge on any atom is 0.266 e. The Hall–Kier alpha value is -1.62. The van der Waals surface area contributed by atoms with Crippen molar-refractivity contribution in [2.24, 2.45) is 7.05 Å². The lowest BCUT2D eigenvalue weighted by atomic mass is 10.1. The van der Waals surface area contributed by atoms with Crippen LogP contribution >= 0.6 is 15.9 Å². The number of nitrogens with zero attached hydrogens (tertiary/aromatic N) is 2. The van der Waals surface area contributed by atoms with Gasteiger partial charge >= 0.3 is 0 Å². The molecule has 2 aromatic rings. The number of halogens is 1. The normalized spacial score (nSPS) is 10.4. The van der Waals surface area contributed by atoms with Crippen LogP contribution in [-0.2, 0) is 7.05 Å². The van der Waals surface area contributed by atoms with E-state index in [1.165, 1.54) is 10.7 Å². The first-order valence-corrected chi connectivity index (χ1v) is 5.47. The lowest BCUT2D eigenvalue weighted by molar-refractivity contribution is 0.712. The largest absolute Gasteiger partial charge is 0.398 e. The van der Waals surface area contributed by atoms with Crippen LogP contribution in [0, 0.1) is 0 Å². The number of aromatic nitrogens is 2. The Kier molecular flexibility index (Phi) is 2.78. The van der Waals surface area contributed by atoms with Gasteiger partial charge in [-0.3, -0.25) is 4.79 Å². The van der Waals surface area contributed by atoms with Crippen LogP contribution in [0.1, 0.15) is 0 Å². The Morgan fingerprint density at radius 1 is 1.31 bits per heavy atom. The fourth-order valence-corrected chi connectivity index (χ4v) is 1.61. The third kappa shape index (κ3) is 1.99. The molecule has 4 nitrogen and oxygen atoms in total. The molecule has 0 fully saturated rings. The minimum atomic E-state index is -0.131. The molecule has 0 aliphatic rings. The average Bonchev–Trinajstić information content (AvgIpc) is 2.26. The summed E-state index contributed by atoms with van der Waals surface area (Å²) in [4.78, 5) is 11.2. The lowest BCUT2D eigenvalue weighted by Gasteiger charge is -2.04. The highest BCUT2D eigenvalue weighted by Gasteiger charge is 2.03. The molecule has 0 aliphatic heterocycles. The predicted molar refractivity (Wildman–Crippen MR) is 67.0 cm³/mol. The summed E-state index contributed by atoms with van der Waals surface area (Å²) in [5.74, 6) is 0. The molecule has 2 rings (SSSR count). The number of benzene rings is 1. The number of hydrogen-bond acceptors (Lipinski definition) is 3. The summed E-state index contributed by atoms with van der Waals surface area (Å²) in [6, 6.07) is 8.74. The van der Waals surface area contributed by atoms with E-state index >= 15 is 0 Å². The number of nitrogen functional groups attached to an aromatic ring is 1. The quantitative estimate of drug-likeness (QED) is 0.810. The summed E-state index contributed by atoms with van der Waals surface area (Å²) in [5, 5.41) is 4.15. The minimum Gasteiger partial charge on any atom is -0.398 e. The van der Waals surface area contributed by atoms with Gasteiger partial charge in [-0.25, -0.2) is 4.68 Å². The van der Waals surface area contributed by atoms with Gasteiger partial charge in [-0.05, 0) is 34.1 Å². The van der Waals surface area contributed by atoms with Gasteiger partial charge in [0.15, 0.2) is 0 Å². The highest BCUT2D eigenvalue weighted by molar-refractivity contribution is 9.10. The van der Waals surface area contributed by atoms with Crippen molar-refractivity contribution in [2.75, 3.05) is 5.73 Å². The van der Waals surface area contributed by atoms with E-state index in [2.05, 4.69) is 21.0 Å².